The lowest BCUT2D eigenvalue weighted by molar-refractivity contribution is 0.667. The molecule has 0 bridgehead atoms. The molecule has 2 aromatic heterocycles. The zero-order valence-electron chi connectivity index (χ0n) is 18.2. The van der Waals surface area contributed by atoms with Gasteiger partial charge in [0.15, 0.2) is 0 Å². The Hall–Kier alpha value is -3.28. The Morgan fingerprint density at radius 2 is 1.59 bits per heavy atom. The van der Waals surface area contributed by atoms with Gasteiger partial charge >= 0.3 is 0 Å². The molecule has 6 rings (SSSR count). The van der Waals surface area contributed by atoms with E-state index < -0.39 is 7.53 Å². The van der Waals surface area contributed by atoms with Crippen molar-refractivity contribution >= 4 is 44.8 Å². The van der Waals surface area contributed by atoms with Crippen molar-refractivity contribution in [1.82, 2.24) is 4.57 Å². The fraction of sp³-hybridized carbons (Fsp3) is 0.133. The molecule has 32 heavy (non-hydrogen) atoms. The van der Waals surface area contributed by atoms with Crippen LogP contribution in [0.5, 0.6) is 0 Å². The van der Waals surface area contributed by atoms with Crippen LogP contribution in [0, 0.1) is 0 Å². The highest BCUT2D eigenvalue weighted by molar-refractivity contribution is 7.71. The zero-order chi connectivity index (χ0) is 21.7. The van der Waals surface area contributed by atoms with Gasteiger partial charge in [0, 0.05) is 32.4 Å². The van der Waals surface area contributed by atoms with E-state index in [0.29, 0.717) is 0 Å². The molecule has 0 saturated carbocycles. The average Bonchev–Trinajstić information content (AvgIpc) is 3.36. The van der Waals surface area contributed by atoms with E-state index in [1.165, 1.54) is 67.9 Å². The van der Waals surface area contributed by atoms with Gasteiger partial charge in [-0.2, -0.15) is 0 Å². The SMILES string of the molecule is C=C/C=C(\C=C)p1c2ccccc2c2c3c(ccc21)c1c(n3-c2ccccc2)CCCC1. The monoisotopic (exact) mass is 431 g/mol. The third kappa shape index (κ3) is 2.71. The van der Waals surface area contributed by atoms with Crippen LogP contribution in [0.3, 0.4) is 0 Å². The normalized spacial score (nSPS) is 14.8. The smallest absolute Gasteiger partial charge is 0.0622 e. The minimum absolute atomic E-state index is 0.636. The van der Waals surface area contributed by atoms with Crippen LogP contribution in [-0.2, 0) is 12.8 Å². The molecule has 2 heteroatoms. The van der Waals surface area contributed by atoms with Gasteiger partial charge in [0.1, 0.15) is 0 Å². The standard InChI is InChI=1S/C30H26NP/c1-3-12-22(4-2)32-27-18-11-9-16-25(27)29-28(32)20-19-24-23-15-8-10-17-26(23)31(30(24)29)21-13-6-5-7-14-21/h3-7,9,11-14,16,18-20H,1-2,8,10,15,17H2/b22-12+. The maximum Gasteiger partial charge on any atom is 0.0622 e. The number of para-hydroxylation sites is 1. The van der Waals surface area contributed by atoms with Crippen molar-refractivity contribution in [3.8, 4) is 5.69 Å². The summed E-state index contributed by atoms with van der Waals surface area (Å²) in [6, 6.07) is 24.7. The average molecular weight is 432 g/mol. The molecule has 0 spiro atoms. The van der Waals surface area contributed by atoms with Crippen LogP contribution in [0.1, 0.15) is 24.1 Å². The van der Waals surface area contributed by atoms with E-state index in [1.807, 2.05) is 12.2 Å². The molecule has 0 saturated heterocycles. The second-order valence-corrected chi connectivity index (χ2v) is 10.7. The Kier molecular flexibility index (Phi) is 4.67. The van der Waals surface area contributed by atoms with Gasteiger partial charge in [0.2, 0.25) is 0 Å². The van der Waals surface area contributed by atoms with E-state index in [2.05, 4.69) is 90.5 Å². The first-order chi connectivity index (χ1) is 15.8. The molecule has 2 heterocycles. The third-order valence-corrected chi connectivity index (χ3v) is 9.41. The van der Waals surface area contributed by atoms with Crippen LogP contribution in [-0.4, -0.2) is 4.57 Å². The second kappa shape index (κ2) is 7.69. The molecule has 0 aliphatic heterocycles. The van der Waals surface area contributed by atoms with Crippen LogP contribution >= 0.6 is 7.53 Å². The number of hydrogen-bond acceptors (Lipinski definition) is 0. The zero-order valence-corrected chi connectivity index (χ0v) is 19.1. The fourth-order valence-electron chi connectivity index (χ4n) is 5.57. The molecule has 1 nitrogen and oxygen atoms in total. The number of hydrogen-bond donors (Lipinski definition) is 0. The van der Waals surface area contributed by atoms with Crippen molar-refractivity contribution in [2.75, 3.05) is 0 Å². The molecule has 0 radical (unpaired) electrons. The molecule has 3 aromatic carbocycles. The Labute approximate surface area is 190 Å². The molecule has 1 aliphatic carbocycles. The molecular weight excluding hydrogens is 405 g/mol. The van der Waals surface area contributed by atoms with Crippen molar-refractivity contribution in [2.45, 2.75) is 25.7 Å². The van der Waals surface area contributed by atoms with Crippen LogP contribution < -0.4 is 0 Å². The first kappa shape index (κ1) is 19.4. The Morgan fingerprint density at radius 1 is 0.812 bits per heavy atom. The maximum atomic E-state index is 4.15. The van der Waals surface area contributed by atoms with E-state index in [0.717, 1.165) is 6.42 Å². The van der Waals surface area contributed by atoms with Crippen LogP contribution in [0.15, 0.2) is 98.1 Å². The first-order valence-corrected chi connectivity index (χ1v) is 12.8. The summed E-state index contributed by atoms with van der Waals surface area (Å²) < 4.78 is 2.57. The predicted molar refractivity (Wildman–Crippen MR) is 142 cm³/mol. The summed E-state index contributed by atoms with van der Waals surface area (Å²) in [6.07, 6.45) is 10.9. The highest BCUT2D eigenvalue weighted by Crippen LogP contribution is 2.57. The molecule has 0 fully saturated rings. The van der Waals surface area contributed by atoms with E-state index >= 15 is 0 Å². The van der Waals surface area contributed by atoms with E-state index in [-0.39, 0.29) is 0 Å². The largest absolute Gasteiger partial charge is 0.313 e. The van der Waals surface area contributed by atoms with Gasteiger partial charge in [-0.15, -0.1) is 0 Å². The quantitative estimate of drug-likeness (QED) is 0.250. The predicted octanol–water partition coefficient (Wildman–Crippen LogP) is 9.02. The summed E-state index contributed by atoms with van der Waals surface area (Å²) in [4.78, 5) is 0. The molecule has 1 atom stereocenters. The Morgan fingerprint density at radius 3 is 2.41 bits per heavy atom. The van der Waals surface area contributed by atoms with Crippen molar-refractivity contribution in [2.24, 2.45) is 0 Å². The molecule has 0 amide bonds. The molecule has 1 aliphatic rings. The fourth-order valence-corrected chi connectivity index (χ4v) is 8.16. The second-order valence-electron chi connectivity index (χ2n) is 8.54. The molecule has 0 N–H and O–H groups in total. The first-order valence-electron chi connectivity index (χ1n) is 11.4. The molecule has 156 valence electrons. The Bertz CT molecular complexity index is 1540. The van der Waals surface area contributed by atoms with E-state index in [1.54, 1.807) is 5.56 Å². The van der Waals surface area contributed by atoms with Gasteiger partial charge in [0.05, 0.1) is 5.52 Å². The molecule has 5 aromatic rings. The van der Waals surface area contributed by atoms with Gasteiger partial charge in [-0.3, -0.25) is 0 Å². The summed E-state index contributed by atoms with van der Waals surface area (Å²) in [5.41, 5.74) is 5.72. The number of allylic oxidation sites excluding steroid dienone is 4. The number of aryl methyl sites for hydroxylation is 1. The van der Waals surface area contributed by atoms with Gasteiger partial charge in [-0.05, 0) is 60.1 Å². The van der Waals surface area contributed by atoms with Gasteiger partial charge < -0.3 is 4.57 Å². The van der Waals surface area contributed by atoms with Gasteiger partial charge in [-0.1, -0.05) is 87.5 Å². The lowest BCUT2D eigenvalue weighted by Crippen LogP contribution is -2.06. The highest BCUT2D eigenvalue weighted by Gasteiger charge is 2.25. The molecular formula is C30H26NP. The van der Waals surface area contributed by atoms with Crippen LogP contribution in [0.4, 0.5) is 0 Å². The maximum absolute atomic E-state index is 4.15. The third-order valence-electron chi connectivity index (χ3n) is 6.84. The highest BCUT2D eigenvalue weighted by atomic mass is 31.1. The number of fused-ring (bicyclic) bond motifs is 7. The van der Waals surface area contributed by atoms with Crippen molar-refractivity contribution in [1.29, 1.82) is 0 Å². The van der Waals surface area contributed by atoms with E-state index in [9.17, 15) is 0 Å². The summed E-state index contributed by atoms with van der Waals surface area (Å²) in [6.45, 7) is 8.11. The van der Waals surface area contributed by atoms with Crippen LogP contribution in [0.2, 0.25) is 0 Å². The summed E-state index contributed by atoms with van der Waals surface area (Å²) in [7, 11) is -0.636. The number of nitrogens with zero attached hydrogens (tertiary/aromatic N) is 1. The summed E-state index contributed by atoms with van der Waals surface area (Å²) in [5, 5.41) is 8.36. The summed E-state index contributed by atoms with van der Waals surface area (Å²) >= 11 is 0. The number of benzene rings is 3. The lowest BCUT2D eigenvalue weighted by Gasteiger charge is -2.16. The molecule has 1 unspecified atom stereocenters. The number of rotatable bonds is 4. The minimum Gasteiger partial charge on any atom is -0.313 e. The minimum atomic E-state index is -0.636. The Balaban J connectivity index is 1.87. The van der Waals surface area contributed by atoms with E-state index in [4.69, 9.17) is 0 Å². The van der Waals surface area contributed by atoms with Crippen LogP contribution in [0.25, 0.3) is 42.9 Å². The van der Waals surface area contributed by atoms with Gasteiger partial charge in [0.25, 0.3) is 0 Å². The number of aromatic nitrogens is 1. The van der Waals surface area contributed by atoms with Crippen molar-refractivity contribution in [3.05, 3.63) is 109 Å². The topological polar surface area (TPSA) is 4.93 Å². The van der Waals surface area contributed by atoms with Crippen molar-refractivity contribution in [3.63, 3.8) is 0 Å². The van der Waals surface area contributed by atoms with Gasteiger partial charge in [-0.25, -0.2) is 0 Å². The lowest BCUT2D eigenvalue weighted by atomic mass is 9.95. The van der Waals surface area contributed by atoms with Crippen molar-refractivity contribution < 1.29 is 0 Å². The summed E-state index contributed by atoms with van der Waals surface area (Å²) in [5.74, 6) is 0.